The van der Waals surface area contributed by atoms with Gasteiger partial charge in [0, 0.05) is 32.4 Å². The number of likely N-dealkylation sites (tertiary alicyclic amines) is 1. The van der Waals surface area contributed by atoms with Crippen LogP contribution in [0.4, 0.5) is 4.79 Å². The van der Waals surface area contributed by atoms with Crippen LogP contribution in [0.5, 0.6) is 0 Å². The molecule has 0 unspecified atom stereocenters. The third-order valence-corrected chi connectivity index (χ3v) is 3.81. The van der Waals surface area contributed by atoms with Gasteiger partial charge in [0.15, 0.2) is 0 Å². The van der Waals surface area contributed by atoms with Gasteiger partial charge in [-0.3, -0.25) is 0 Å². The normalized spacial score (nSPS) is 18.5. The molecule has 1 atom stereocenters. The fourth-order valence-electron chi connectivity index (χ4n) is 2.71. The van der Waals surface area contributed by atoms with Crippen molar-refractivity contribution in [2.75, 3.05) is 26.7 Å². The highest BCUT2D eigenvalue weighted by Gasteiger charge is 2.30. The Morgan fingerprint density at radius 3 is 2.91 bits per heavy atom. The highest BCUT2D eigenvalue weighted by Crippen LogP contribution is 2.20. The second-order valence-electron chi connectivity index (χ2n) is 7.09. The second kappa shape index (κ2) is 7.45. The lowest BCUT2D eigenvalue weighted by molar-refractivity contribution is 0.0285. The van der Waals surface area contributed by atoms with Crippen LogP contribution in [0, 0.1) is 5.92 Å². The molecule has 1 amide bonds. The van der Waals surface area contributed by atoms with E-state index in [2.05, 4.69) is 14.9 Å². The Hall–Kier alpha value is -1.40. The van der Waals surface area contributed by atoms with Crippen molar-refractivity contribution in [3.8, 4) is 0 Å². The lowest BCUT2D eigenvalue weighted by atomic mass is 10.1. The Labute approximate surface area is 142 Å². The van der Waals surface area contributed by atoms with E-state index in [0.717, 1.165) is 31.7 Å². The van der Waals surface area contributed by atoms with Crippen LogP contribution in [0.2, 0.25) is 5.28 Å². The summed E-state index contributed by atoms with van der Waals surface area (Å²) in [6.07, 6.45) is 2.44. The highest BCUT2D eigenvalue weighted by molar-refractivity contribution is 6.28. The van der Waals surface area contributed by atoms with Crippen LogP contribution >= 0.6 is 11.6 Å². The molecular weight excluding hydrogens is 316 g/mol. The molecule has 0 saturated carbocycles. The molecule has 128 valence electrons. The Balaban J connectivity index is 1.79. The van der Waals surface area contributed by atoms with E-state index in [1.54, 1.807) is 11.1 Å². The number of nitrogens with zero attached hydrogens (tertiary/aromatic N) is 4. The fourth-order valence-corrected chi connectivity index (χ4v) is 2.88. The van der Waals surface area contributed by atoms with Gasteiger partial charge in [-0.15, -0.1) is 0 Å². The molecule has 23 heavy (non-hydrogen) atoms. The standard InChI is InChI=1S/C16H25ClN4O2/c1-16(2,3)23-15(22)21-8-6-12(10-21)9-20(4)11-13-5-7-18-14(17)19-13/h5,7,12H,6,8-11H2,1-4H3/t12-/m0/s1. The van der Waals surface area contributed by atoms with Crippen molar-refractivity contribution in [3.05, 3.63) is 23.2 Å². The molecule has 1 aromatic rings. The molecular formula is C16H25ClN4O2. The molecule has 2 rings (SSSR count). The first kappa shape index (κ1) is 17.9. The van der Waals surface area contributed by atoms with Crippen LogP contribution in [0.1, 0.15) is 32.9 Å². The first-order valence-corrected chi connectivity index (χ1v) is 8.24. The molecule has 1 saturated heterocycles. The van der Waals surface area contributed by atoms with Crippen LogP contribution in [-0.4, -0.2) is 58.1 Å². The maximum atomic E-state index is 12.1. The molecule has 0 spiro atoms. The number of aromatic nitrogens is 2. The van der Waals surface area contributed by atoms with Gasteiger partial charge in [0.25, 0.3) is 0 Å². The van der Waals surface area contributed by atoms with Gasteiger partial charge in [-0.1, -0.05) is 0 Å². The maximum Gasteiger partial charge on any atom is 0.410 e. The lowest BCUT2D eigenvalue weighted by Gasteiger charge is -2.25. The number of hydrogen-bond acceptors (Lipinski definition) is 5. The first-order valence-electron chi connectivity index (χ1n) is 7.87. The van der Waals surface area contributed by atoms with Gasteiger partial charge in [0.05, 0.1) is 5.69 Å². The van der Waals surface area contributed by atoms with E-state index >= 15 is 0 Å². The van der Waals surface area contributed by atoms with Gasteiger partial charge in [-0.2, -0.15) is 0 Å². The summed E-state index contributed by atoms with van der Waals surface area (Å²) in [6, 6.07) is 1.87. The summed E-state index contributed by atoms with van der Waals surface area (Å²) in [5.41, 5.74) is 0.451. The number of amides is 1. The minimum absolute atomic E-state index is 0.217. The molecule has 7 heteroatoms. The van der Waals surface area contributed by atoms with E-state index < -0.39 is 5.60 Å². The summed E-state index contributed by atoms with van der Waals surface area (Å²) < 4.78 is 5.43. The topological polar surface area (TPSA) is 58.6 Å². The molecule has 0 N–H and O–H groups in total. The Morgan fingerprint density at radius 2 is 2.26 bits per heavy atom. The molecule has 1 aromatic heterocycles. The van der Waals surface area contributed by atoms with Crippen LogP contribution < -0.4 is 0 Å². The molecule has 1 aliphatic rings. The Kier molecular flexibility index (Phi) is 5.81. The van der Waals surface area contributed by atoms with Gasteiger partial charge < -0.3 is 14.5 Å². The number of carbonyl (C=O) groups excluding carboxylic acids is 1. The van der Waals surface area contributed by atoms with Crippen LogP contribution in [-0.2, 0) is 11.3 Å². The predicted octanol–water partition coefficient (Wildman–Crippen LogP) is 2.82. The largest absolute Gasteiger partial charge is 0.444 e. The molecule has 0 aromatic carbocycles. The van der Waals surface area contributed by atoms with Crippen molar-refractivity contribution in [2.45, 2.75) is 39.3 Å². The zero-order valence-electron chi connectivity index (χ0n) is 14.3. The van der Waals surface area contributed by atoms with Gasteiger partial charge in [-0.05, 0) is 57.8 Å². The zero-order valence-corrected chi connectivity index (χ0v) is 15.0. The lowest BCUT2D eigenvalue weighted by Crippen LogP contribution is -2.36. The van der Waals surface area contributed by atoms with Crippen LogP contribution in [0.15, 0.2) is 12.3 Å². The molecule has 2 heterocycles. The molecule has 6 nitrogen and oxygen atoms in total. The van der Waals surface area contributed by atoms with Crippen LogP contribution in [0.25, 0.3) is 0 Å². The molecule has 0 radical (unpaired) electrons. The Morgan fingerprint density at radius 1 is 1.52 bits per heavy atom. The summed E-state index contributed by atoms with van der Waals surface area (Å²) in [6.45, 7) is 8.78. The summed E-state index contributed by atoms with van der Waals surface area (Å²) in [5.74, 6) is 0.449. The van der Waals surface area contributed by atoms with E-state index in [1.165, 1.54) is 0 Å². The average molecular weight is 341 g/mol. The summed E-state index contributed by atoms with van der Waals surface area (Å²) in [7, 11) is 2.05. The monoisotopic (exact) mass is 340 g/mol. The zero-order chi connectivity index (χ0) is 17.0. The van der Waals surface area contributed by atoms with Crippen molar-refractivity contribution in [1.29, 1.82) is 0 Å². The third-order valence-electron chi connectivity index (χ3n) is 3.62. The minimum Gasteiger partial charge on any atom is -0.444 e. The molecule has 1 fully saturated rings. The number of halogens is 1. The van der Waals surface area contributed by atoms with Crippen molar-refractivity contribution < 1.29 is 9.53 Å². The fraction of sp³-hybridized carbons (Fsp3) is 0.688. The number of rotatable bonds is 4. The van der Waals surface area contributed by atoms with E-state index in [-0.39, 0.29) is 11.4 Å². The summed E-state index contributed by atoms with van der Waals surface area (Å²) >= 11 is 5.81. The smallest absolute Gasteiger partial charge is 0.410 e. The van der Waals surface area contributed by atoms with Crippen LogP contribution in [0.3, 0.4) is 0 Å². The van der Waals surface area contributed by atoms with E-state index in [0.29, 0.717) is 12.5 Å². The van der Waals surface area contributed by atoms with Crippen molar-refractivity contribution in [1.82, 2.24) is 19.8 Å². The SMILES string of the molecule is CN(Cc1ccnc(Cl)n1)C[C@@H]1CCN(C(=O)OC(C)(C)C)C1. The molecule has 1 aliphatic heterocycles. The van der Waals surface area contributed by atoms with Gasteiger partial charge in [-0.25, -0.2) is 14.8 Å². The number of ether oxygens (including phenoxy) is 1. The van der Waals surface area contributed by atoms with Crippen molar-refractivity contribution in [2.24, 2.45) is 5.92 Å². The van der Waals surface area contributed by atoms with Crippen molar-refractivity contribution in [3.63, 3.8) is 0 Å². The Bertz CT molecular complexity index is 547. The predicted molar refractivity (Wildman–Crippen MR) is 89.3 cm³/mol. The maximum absolute atomic E-state index is 12.1. The van der Waals surface area contributed by atoms with Gasteiger partial charge in [0.2, 0.25) is 5.28 Å². The quantitative estimate of drug-likeness (QED) is 0.789. The van der Waals surface area contributed by atoms with Crippen molar-refractivity contribution >= 4 is 17.7 Å². The first-order chi connectivity index (χ1) is 10.7. The highest BCUT2D eigenvalue weighted by atomic mass is 35.5. The number of carbonyl (C=O) groups is 1. The number of hydrogen-bond donors (Lipinski definition) is 0. The summed E-state index contributed by atoms with van der Waals surface area (Å²) in [5, 5.41) is 0.271. The van der Waals surface area contributed by atoms with Gasteiger partial charge in [0.1, 0.15) is 5.60 Å². The molecule has 0 aliphatic carbocycles. The van der Waals surface area contributed by atoms with E-state index in [1.807, 2.05) is 33.9 Å². The minimum atomic E-state index is -0.446. The molecule has 0 bridgehead atoms. The summed E-state index contributed by atoms with van der Waals surface area (Å²) in [4.78, 5) is 24.2. The van der Waals surface area contributed by atoms with E-state index in [9.17, 15) is 4.79 Å². The average Bonchev–Trinajstić information content (AvgIpc) is 2.85. The third kappa shape index (κ3) is 5.95. The van der Waals surface area contributed by atoms with E-state index in [4.69, 9.17) is 16.3 Å². The second-order valence-corrected chi connectivity index (χ2v) is 7.43. The van der Waals surface area contributed by atoms with Gasteiger partial charge >= 0.3 is 6.09 Å².